The highest BCUT2D eigenvalue weighted by Gasteiger charge is 2.20. The Morgan fingerprint density at radius 1 is 0.552 bits per heavy atom. The van der Waals surface area contributed by atoms with Gasteiger partial charge in [0.15, 0.2) is 0 Å². The molecule has 0 spiro atoms. The summed E-state index contributed by atoms with van der Waals surface area (Å²) in [4.78, 5) is 25.1. The van der Waals surface area contributed by atoms with E-state index in [0.29, 0.717) is 24.1 Å². The van der Waals surface area contributed by atoms with Gasteiger partial charge in [-0.2, -0.15) is 0 Å². The SMILES string of the molecule is CC/C=C\C/C=C\C/C=C\C/C=C\CCCCCCCCCCC(=O)OC(COCCCCCCCCCCCCCCCCC)COP(=O)([O-])OCC[N+](C)(C)C. The monoisotopic (exact) mass is 838 g/mol. The van der Waals surface area contributed by atoms with Crippen LogP contribution < -0.4 is 4.89 Å². The molecule has 0 aliphatic rings. The van der Waals surface area contributed by atoms with Gasteiger partial charge in [-0.1, -0.05) is 191 Å². The molecule has 0 radical (unpaired) electrons. The molecule has 0 aromatic heterocycles. The molecular formula is C49H92NO7P. The number of phosphoric acid groups is 1. The first-order valence-electron chi connectivity index (χ1n) is 23.9. The minimum Gasteiger partial charge on any atom is -0.756 e. The van der Waals surface area contributed by atoms with E-state index in [-0.39, 0.29) is 25.8 Å². The number of phosphoric ester groups is 1. The second-order valence-corrected chi connectivity index (χ2v) is 18.5. The van der Waals surface area contributed by atoms with Gasteiger partial charge < -0.3 is 27.9 Å². The summed E-state index contributed by atoms with van der Waals surface area (Å²) in [6, 6.07) is 0. The summed E-state index contributed by atoms with van der Waals surface area (Å²) >= 11 is 0. The van der Waals surface area contributed by atoms with Crippen molar-refractivity contribution in [3.8, 4) is 0 Å². The Morgan fingerprint density at radius 2 is 1.00 bits per heavy atom. The van der Waals surface area contributed by atoms with Gasteiger partial charge >= 0.3 is 5.97 Å². The highest BCUT2D eigenvalue weighted by molar-refractivity contribution is 7.45. The lowest BCUT2D eigenvalue weighted by atomic mass is 10.0. The first-order valence-corrected chi connectivity index (χ1v) is 25.3. The molecule has 0 N–H and O–H groups in total. The van der Waals surface area contributed by atoms with Crippen molar-refractivity contribution in [3.63, 3.8) is 0 Å². The van der Waals surface area contributed by atoms with Gasteiger partial charge in [0.2, 0.25) is 0 Å². The second-order valence-electron chi connectivity index (χ2n) is 17.1. The summed E-state index contributed by atoms with van der Waals surface area (Å²) in [5.74, 6) is -0.341. The van der Waals surface area contributed by atoms with Crippen LogP contribution in [0.1, 0.15) is 200 Å². The predicted molar refractivity (Wildman–Crippen MR) is 245 cm³/mol. The molecule has 0 aromatic carbocycles. The van der Waals surface area contributed by atoms with E-state index >= 15 is 0 Å². The normalized spacial score (nSPS) is 14.1. The molecule has 0 aliphatic heterocycles. The number of ether oxygens (including phenoxy) is 2. The Kier molecular flexibility index (Phi) is 41.0. The van der Waals surface area contributed by atoms with Crippen LogP contribution in [-0.2, 0) is 27.9 Å². The molecule has 0 amide bonds. The van der Waals surface area contributed by atoms with E-state index in [9.17, 15) is 14.3 Å². The highest BCUT2D eigenvalue weighted by atomic mass is 31.2. The Labute approximate surface area is 358 Å². The van der Waals surface area contributed by atoms with Gasteiger partial charge in [-0.15, -0.1) is 0 Å². The maximum atomic E-state index is 12.7. The fourth-order valence-electron chi connectivity index (χ4n) is 6.48. The van der Waals surface area contributed by atoms with Crippen molar-refractivity contribution in [3.05, 3.63) is 48.6 Å². The summed E-state index contributed by atoms with van der Waals surface area (Å²) < 4.78 is 34.7. The number of quaternary nitrogens is 1. The molecule has 2 atom stereocenters. The zero-order valence-corrected chi connectivity index (χ0v) is 39.4. The van der Waals surface area contributed by atoms with Crippen LogP contribution in [0.15, 0.2) is 48.6 Å². The van der Waals surface area contributed by atoms with Gasteiger partial charge in [-0.3, -0.25) is 9.36 Å². The molecular weight excluding hydrogens is 746 g/mol. The maximum absolute atomic E-state index is 12.7. The number of carbonyl (C=O) groups excluding carboxylic acids is 1. The van der Waals surface area contributed by atoms with Gasteiger partial charge in [-0.25, -0.2) is 0 Å². The summed E-state index contributed by atoms with van der Waals surface area (Å²) in [5.41, 5.74) is 0. The van der Waals surface area contributed by atoms with Crippen LogP contribution in [0.25, 0.3) is 0 Å². The highest BCUT2D eigenvalue weighted by Crippen LogP contribution is 2.38. The first kappa shape index (κ1) is 56.5. The van der Waals surface area contributed by atoms with Gasteiger partial charge in [0, 0.05) is 13.0 Å². The van der Waals surface area contributed by atoms with Gasteiger partial charge in [0.1, 0.15) is 19.3 Å². The molecule has 0 bridgehead atoms. The first-order chi connectivity index (χ1) is 28.1. The van der Waals surface area contributed by atoms with E-state index in [1.54, 1.807) is 0 Å². The van der Waals surface area contributed by atoms with Crippen molar-refractivity contribution >= 4 is 13.8 Å². The van der Waals surface area contributed by atoms with Crippen LogP contribution in [0.3, 0.4) is 0 Å². The quantitative estimate of drug-likeness (QED) is 0.0198. The molecule has 2 unspecified atom stereocenters. The predicted octanol–water partition coefficient (Wildman–Crippen LogP) is 13.7. The number of carbonyl (C=O) groups is 1. The van der Waals surface area contributed by atoms with Gasteiger partial charge in [0.05, 0.1) is 34.4 Å². The third-order valence-electron chi connectivity index (χ3n) is 10.1. The topological polar surface area (TPSA) is 94.1 Å². The van der Waals surface area contributed by atoms with Gasteiger partial charge in [0.25, 0.3) is 7.82 Å². The number of likely N-dealkylation sites (N-methyl/N-ethyl adjacent to an activating group) is 1. The summed E-state index contributed by atoms with van der Waals surface area (Å²) in [5, 5.41) is 0. The summed E-state index contributed by atoms with van der Waals surface area (Å²) in [6.07, 6.45) is 51.2. The smallest absolute Gasteiger partial charge is 0.306 e. The van der Waals surface area contributed by atoms with E-state index in [1.165, 1.54) is 116 Å². The number of hydrogen-bond acceptors (Lipinski definition) is 7. The van der Waals surface area contributed by atoms with Crippen molar-refractivity contribution in [2.45, 2.75) is 206 Å². The largest absolute Gasteiger partial charge is 0.756 e. The van der Waals surface area contributed by atoms with Crippen molar-refractivity contribution < 1.29 is 37.3 Å². The summed E-state index contributed by atoms with van der Waals surface area (Å²) in [7, 11) is 1.35. The Hall–Kier alpha value is -1.54. The van der Waals surface area contributed by atoms with E-state index in [2.05, 4.69) is 62.5 Å². The Balaban J connectivity index is 4.19. The number of esters is 1. The summed E-state index contributed by atoms with van der Waals surface area (Å²) in [6.45, 7) is 5.31. The van der Waals surface area contributed by atoms with Gasteiger partial charge in [-0.05, 0) is 51.4 Å². The molecule has 0 aromatic rings. The number of hydrogen-bond donors (Lipinski definition) is 0. The van der Waals surface area contributed by atoms with E-state index in [4.69, 9.17) is 18.5 Å². The third-order valence-corrected chi connectivity index (χ3v) is 11.1. The zero-order chi connectivity index (χ0) is 42.7. The van der Waals surface area contributed by atoms with Crippen molar-refractivity contribution in [1.29, 1.82) is 0 Å². The number of allylic oxidation sites excluding steroid dienone is 8. The molecule has 0 saturated carbocycles. The third kappa shape index (κ3) is 45.5. The second kappa shape index (κ2) is 42.2. The minimum absolute atomic E-state index is 0.0243. The van der Waals surface area contributed by atoms with Crippen LogP contribution >= 0.6 is 7.82 Å². The van der Waals surface area contributed by atoms with Crippen LogP contribution in [-0.4, -0.2) is 70.7 Å². The fraction of sp³-hybridized carbons (Fsp3) is 0.816. The van der Waals surface area contributed by atoms with Crippen molar-refractivity contribution in [1.82, 2.24) is 0 Å². The lowest BCUT2D eigenvalue weighted by Gasteiger charge is -2.28. The Bertz CT molecular complexity index is 1070. The molecule has 0 aliphatic carbocycles. The molecule has 0 fully saturated rings. The molecule has 0 heterocycles. The van der Waals surface area contributed by atoms with Crippen LogP contribution in [0.5, 0.6) is 0 Å². The lowest BCUT2D eigenvalue weighted by molar-refractivity contribution is -0.870. The van der Waals surface area contributed by atoms with Crippen LogP contribution in [0.4, 0.5) is 0 Å². The molecule has 58 heavy (non-hydrogen) atoms. The molecule has 8 nitrogen and oxygen atoms in total. The lowest BCUT2D eigenvalue weighted by Crippen LogP contribution is -2.37. The average molecular weight is 838 g/mol. The van der Waals surface area contributed by atoms with Crippen molar-refractivity contribution in [2.24, 2.45) is 0 Å². The van der Waals surface area contributed by atoms with E-state index in [0.717, 1.165) is 64.2 Å². The standard InChI is InChI=1S/C49H92NO7P/c1-6-8-10-12-14-16-18-20-22-23-24-25-26-27-28-30-32-34-36-38-40-42-49(51)57-48(47-56-58(52,53)55-45-43-50(3,4)5)46-54-44-41-39-37-35-33-31-29-21-19-17-15-13-11-9-7-2/h8,10,14,16,20,22,24-25,48H,6-7,9,11-13,15,17-19,21,23,26-47H2,1-5H3/b10-8-,16-14-,22-20-,25-24-. The number of nitrogens with zero attached hydrogens (tertiary/aromatic N) is 1. The Morgan fingerprint density at radius 3 is 1.50 bits per heavy atom. The zero-order valence-electron chi connectivity index (χ0n) is 38.5. The molecule has 0 saturated heterocycles. The molecule has 9 heteroatoms. The van der Waals surface area contributed by atoms with E-state index < -0.39 is 13.9 Å². The van der Waals surface area contributed by atoms with E-state index in [1.807, 2.05) is 21.1 Å². The average Bonchev–Trinajstić information content (AvgIpc) is 3.18. The van der Waals surface area contributed by atoms with Crippen LogP contribution in [0, 0.1) is 0 Å². The maximum Gasteiger partial charge on any atom is 0.306 e. The molecule has 0 rings (SSSR count). The van der Waals surface area contributed by atoms with Crippen molar-refractivity contribution in [2.75, 3.05) is 54.1 Å². The number of rotatable bonds is 44. The fourth-order valence-corrected chi connectivity index (χ4v) is 7.21. The number of unbranched alkanes of at least 4 members (excludes halogenated alkanes) is 22. The van der Waals surface area contributed by atoms with Crippen LogP contribution in [0.2, 0.25) is 0 Å². The molecule has 340 valence electrons. The minimum atomic E-state index is -4.53.